The van der Waals surface area contributed by atoms with Crippen LogP contribution in [0.3, 0.4) is 0 Å². The number of aromatic nitrogens is 1. The van der Waals surface area contributed by atoms with Crippen molar-refractivity contribution in [2.45, 2.75) is 6.40 Å². The van der Waals surface area contributed by atoms with E-state index < -0.39 is 26.9 Å². The summed E-state index contributed by atoms with van der Waals surface area (Å²) in [6.07, 6.45) is 0.0901. The highest BCUT2D eigenvalue weighted by atomic mass is 16.5. The largest absolute Gasteiger partial charge is 0.497 e. The molecule has 0 amide bonds. The Balaban J connectivity index is 2.45. The summed E-state index contributed by atoms with van der Waals surface area (Å²) in [6.45, 7) is -7.82. The summed E-state index contributed by atoms with van der Waals surface area (Å²) in [6, 6.07) is 5.11. The topological polar surface area (TPSA) is 28.3 Å². The van der Waals surface area contributed by atoms with Gasteiger partial charge in [0.15, 0.2) is 0 Å². The number of H-pyrrole nitrogens is 1. The van der Waals surface area contributed by atoms with Gasteiger partial charge in [-0.15, -0.1) is 0 Å². The van der Waals surface area contributed by atoms with Crippen LogP contribution in [0.4, 0.5) is 0 Å². The smallest absolute Gasteiger partial charge is 0.119 e. The van der Waals surface area contributed by atoms with Crippen molar-refractivity contribution in [3.05, 3.63) is 30.0 Å². The van der Waals surface area contributed by atoms with Gasteiger partial charge in [-0.3, -0.25) is 0 Å². The van der Waals surface area contributed by atoms with Crippen molar-refractivity contribution in [2.75, 3.05) is 27.6 Å². The summed E-state index contributed by atoms with van der Waals surface area (Å²) in [4.78, 5) is 3.04. The Morgan fingerprint density at radius 1 is 1.50 bits per heavy atom. The van der Waals surface area contributed by atoms with Gasteiger partial charge in [-0.05, 0) is 44.1 Å². The predicted octanol–water partition coefficient (Wildman–Crippen LogP) is 2.28. The molecule has 0 bridgehead atoms. The van der Waals surface area contributed by atoms with E-state index in [2.05, 4.69) is 4.98 Å². The molecule has 1 N–H and O–H groups in total. The fourth-order valence-corrected chi connectivity index (χ4v) is 1.54. The normalized spacial score (nSPS) is 24.1. The number of nitrogens with one attached hydrogen (secondary N) is 1. The van der Waals surface area contributed by atoms with Crippen LogP contribution in [0.2, 0.25) is 0 Å². The predicted molar refractivity (Wildman–Crippen MR) is 67.1 cm³/mol. The lowest BCUT2D eigenvalue weighted by Crippen LogP contribution is -2.14. The van der Waals surface area contributed by atoms with Crippen molar-refractivity contribution in [3.8, 4) is 5.75 Å². The average molecular weight is 226 g/mol. The van der Waals surface area contributed by atoms with Crippen LogP contribution in [-0.2, 0) is 6.40 Å². The molecule has 0 radical (unpaired) electrons. The Kier molecular flexibility index (Phi) is 1.37. The molecule has 0 saturated carbocycles. The second-order valence-electron chi connectivity index (χ2n) is 3.34. The van der Waals surface area contributed by atoms with E-state index in [1.165, 1.54) is 13.3 Å². The molecule has 0 saturated heterocycles. The molecule has 0 aliphatic rings. The minimum absolute atomic E-state index is 0.108. The molecule has 86 valence electrons. The van der Waals surface area contributed by atoms with Crippen LogP contribution in [0.25, 0.3) is 10.9 Å². The van der Waals surface area contributed by atoms with Crippen LogP contribution in [0.1, 0.15) is 16.5 Å². The molecular formula is C13H18N2O. The molecule has 2 rings (SSSR count). The van der Waals surface area contributed by atoms with Gasteiger partial charge < -0.3 is 14.6 Å². The van der Waals surface area contributed by atoms with Gasteiger partial charge in [-0.2, -0.15) is 0 Å². The second kappa shape index (κ2) is 4.58. The van der Waals surface area contributed by atoms with Crippen LogP contribution in [-0.4, -0.2) is 37.5 Å². The molecule has 0 fully saturated rings. The number of ether oxygens (including phenoxy) is 1. The van der Waals surface area contributed by atoms with Gasteiger partial charge in [0.25, 0.3) is 0 Å². The van der Waals surface area contributed by atoms with E-state index in [9.17, 15) is 0 Å². The van der Waals surface area contributed by atoms with Crippen LogP contribution in [0, 0.1) is 0 Å². The van der Waals surface area contributed by atoms with Crippen LogP contribution >= 0.6 is 0 Å². The van der Waals surface area contributed by atoms with Gasteiger partial charge in [-0.25, -0.2) is 0 Å². The molecule has 0 spiro atoms. The fourth-order valence-electron chi connectivity index (χ4n) is 1.54. The lowest BCUT2D eigenvalue weighted by atomic mass is 10.1. The molecule has 2 atom stereocenters. The number of aryl methyl sites for hydroxylation is 1. The van der Waals surface area contributed by atoms with Crippen molar-refractivity contribution in [1.82, 2.24) is 9.88 Å². The van der Waals surface area contributed by atoms with Crippen LogP contribution in [0.15, 0.2) is 24.4 Å². The molecule has 1 aromatic heterocycles. The summed E-state index contributed by atoms with van der Waals surface area (Å²) in [7, 11) is 1.49. The first-order valence-electron chi connectivity index (χ1n) is 8.91. The summed E-state index contributed by atoms with van der Waals surface area (Å²) in [5.41, 5.74) is 1.02. The second-order valence-corrected chi connectivity index (χ2v) is 3.34. The quantitative estimate of drug-likeness (QED) is 0.866. The summed E-state index contributed by atoms with van der Waals surface area (Å²) >= 11 is 0. The maximum atomic E-state index is 8.25. The van der Waals surface area contributed by atoms with E-state index in [-0.39, 0.29) is 4.90 Å². The monoisotopic (exact) mass is 226 g/mol. The molecule has 0 aliphatic heterocycles. The number of fused-ring (bicyclic) bond motifs is 1. The Morgan fingerprint density at radius 2 is 2.38 bits per heavy atom. The van der Waals surface area contributed by atoms with Gasteiger partial charge in [0.1, 0.15) is 5.75 Å². The van der Waals surface area contributed by atoms with E-state index in [4.69, 9.17) is 15.7 Å². The van der Waals surface area contributed by atoms with Crippen molar-refractivity contribution in [2.24, 2.45) is 0 Å². The fraction of sp³-hybridized carbons (Fsp3) is 0.385. The first-order valence-corrected chi connectivity index (χ1v) is 4.76. The van der Waals surface area contributed by atoms with Gasteiger partial charge in [-0.1, -0.05) is 0 Å². The zero-order chi connectivity index (χ0) is 18.3. The van der Waals surface area contributed by atoms with Crippen molar-refractivity contribution >= 4 is 10.9 Å². The standard InChI is InChI=1S/C13H18N2O/c1-15(2)7-6-10-9-14-13-5-4-11(16-3)8-12(10)13/h4-5,8-9,14H,6-7H2,1-3H3/i1D3,2D3,6D,7D. The van der Waals surface area contributed by atoms with E-state index in [0.717, 1.165) is 0 Å². The number of aromatic amines is 1. The Labute approximate surface area is 107 Å². The van der Waals surface area contributed by atoms with Crippen molar-refractivity contribution in [1.29, 1.82) is 0 Å². The molecule has 0 aliphatic carbocycles. The number of likely N-dealkylation sites (N-methyl/N-ethyl adjacent to an activating group) is 1. The lowest BCUT2D eigenvalue weighted by molar-refractivity contribution is 0.413. The zero-order valence-corrected chi connectivity index (χ0v) is 8.82. The van der Waals surface area contributed by atoms with Gasteiger partial charge >= 0.3 is 0 Å². The molecule has 1 aromatic carbocycles. The molecule has 3 nitrogen and oxygen atoms in total. The molecule has 3 heteroatoms. The number of benzene rings is 1. The number of hydrogen-bond donors (Lipinski definition) is 1. The van der Waals surface area contributed by atoms with Gasteiger partial charge in [0, 0.05) is 34.6 Å². The van der Waals surface area contributed by atoms with Crippen molar-refractivity contribution in [3.63, 3.8) is 0 Å². The van der Waals surface area contributed by atoms with Crippen LogP contribution in [0.5, 0.6) is 5.75 Å². The van der Waals surface area contributed by atoms with Crippen LogP contribution < -0.4 is 4.74 Å². The minimum Gasteiger partial charge on any atom is -0.497 e. The summed E-state index contributed by atoms with van der Waals surface area (Å²) < 4.78 is 65.8. The third-order valence-electron chi connectivity index (χ3n) is 2.32. The average Bonchev–Trinajstić information content (AvgIpc) is 2.85. The Morgan fingerprint density at radius 3 is 3.12 bits per heavy atom. The molecule has 16 heavy (non-hydrogen) atoms. The first kappa shape index (κ1) is 4.80. The van der Waals surface area contributed by atoms with Gasteiger partial charge in [0.05, 0.1) is 7.11 Å². The number of rotatable bonds is 4. The summed E-state index contributed by atoms with van der Waals surface area (Å²) in [5, 5.41) is 0.586. The lowest BCUT2D eigenvalue weighted by Gasteiger charge is -2.08. The number of nitrogens with zero attached hydrogens (tertiary/aromatic N) is 1. The molecule has 1 heterocycles. The van der Waals surface area contributed by atoms with E-state index >= 15 is 0 Å². The maximum absolute atomic E-state index is 8.25. The number of methoxy groups -OCH3 is 1. The van der Waals surface area contributed by atoms with E-state index in [1.807, 2.05) is 0 Å². The van der Waals surface area contributed by atoms with E-state index in [0.29, 0.717) is 22.2 Å². The highest BCUT2D eigenvalue weighted by Gasteiger charge is 2.05. The van der Waals surface area contributed by atoms with Gasteiger partial charge in [0.2, 0.25) is 0 Å². The van der Waals surface area contributed by atoms with Crippen molar-refractivity contribution < 1.29 is 15.7 Å². The third kappa shape index (κ3) is 2.19. The van der Waals surface area contributed by atoms with E-state index in [1.54, 1.807) is 18.2 Å². The molecule has 2 aromatic rings. The first-order chi connectivity index (χ1) is 11.0. The highest BCUT2D eigenvalue weighted by Crippen LogP contribution is 2.23. The minimum atomic E-state index is -3.01. The Bertz CT molecular complexity index is 694. The maximum Gasteiger partial charge on any atom is 0.119 e. The molecule has 2 unspecified atom stereocenters. The highest BCUT2D eigenvalue weighted by molar-refractivity contribution is 5.84. The SMILES string of the molecule is [2H]C(c1c[nH]c2ccc(OC)cc12)C([2H])N(C([2H])([2H])[2H])C([2H])([2H])[2H]. The number of hydrogen-bond acceptors (Lipinski definition) is 2. The third-order valence-corrected chi connectivity index (χ3v) is 2.32. The Hall–Kier alpha value is -1.48. The zero-order valence-electron chi connectivity index (χ0n) is 16.8. The summed E-state index contributed by atoms with van der Waals surface area (Å²) in [5.74, 6) is 0.542. The molecular weight excluding hydrogens is 200 g/mol.